The first-order valence-electron chi connectivity index (χ1n) is 4.11. The third-order valence-electron chi connectivity index (χ3n) is 1.62. The van der Waals surface area contributed by atoms with Crippen LogP contribution in [0.4, 0.5) is 5.69 Å². The zero-order valence-corrected chi connectivity index (χ0v) is 9.29. The standard InChI is InChI=1S/C8H9NO3S.C2H4/c1-13-8-4-6(5-10)2-3-7(8)9(11)12;1-2/h2-4,10H,5H2,1H3;1-2H2. The van der Waals surface area contributed by atoms with Crippen LogP contribution in [0.5, 0.6) is 0 Å². The number of hydrogen-bond acceptors (Lipinski definition) is 4. The van der Waals surface area contributed by atoms with Crippen molar-refractivity contribution in [3.05, 3.63) is 47.0 Å². The Morgan fingerprint density at radius 2 is 2.13 bits per heavy atom. The summed E-state index contributed by atoms with van der Waals surface area (Å²) in [5.41, 5.74) is 0.777. The second-order valence-corrected chi connectivity index (χ2v) is 3.27. The predicted octanol–water partition coefficient (Wildman–Crippen LogP) is 2.61. The van der Waals surface area contributed by atoms with E-state index in [1.807, 2.05) is 0 Å². The van der Waals surface area contributed by atoms with Crippen molar-refractivity contribution in [2.24, 2.45) is 0 Å². The highest BCUT2D eigenvalue weighted by atomic mass is 32.2. The van der Waals surface area contributed by atoms with Gasteiger partial charge in [-0.25, -0.2) is 0 Å². The molecule has 0 unspecified atom stereocenters. The summed E-state index contributed by atoms with van der Waals surface area (Å²) in [7, 11) is 0. The first kappa shape index (κ1) is 13.7. The van der Waals surface area contributed by atoms with Crippen molar-refractivity contribution >= 4 is 17.4 Å². The van der Waals surface area contributed by atoms with Gasteiger partial charge in [-0.1, -0.05) is 0 Å². The fraction of sp³-hybridized carbons (Fsp3) is 0.200. The Bertz CT molecular complexity index is 341. The van der Waals surface area contributed by atoms with Crippen molar-refractivity contribution in [1.29, 1.82) is 0 Å². The molecule has 0 aromatic heterocycles. The zero-order valence-electron chi connectivity index (χ0n) is 8.47. The molecule has 0 radical (unpaired) electrons. The van der Waals surface area contributed by atoms with Crippen LogP contribution < -0.4 is 0 Å². The largest absolute Gasteiger partial charge is 0.392 e. The molecule has 0 bridgehead atoms. The van der Waals surface area contributed by atoms with Crippen LogP contribution in [0.15, 0.2) is 36.3 Å². The molecule has 0 saturated carbocycles. The number of benzene rings is 1. The Balaban J connectivity index is 0.000000921. The molecule has 0 aliphatic rings. The minimum absolute atomic E-state index is 0.0877. The Kier molecular flexibility index (Phi) is 6.40. The van der Waals surface area contributed by atoms with E-state index in [0.29, 0.717) is 10.5 Å². The maximum Gasteiger partial charge on any atom is 0.282 e. The molecular formula is C10H13NO3S. The van der Waals surface area contributed by atoms with Crippen molar-refractivity contribution in [3.63, 3.8) is 0 Å². The van der Waals surface area contributed by atoms with Crippen LogP contribution >= 0.6 is 11.8 Å². The van der Waals surface area contributed by atoms with Gasteiger partial charge in [-0.15, -0.1) is 24.9 Å². The summed E-state index contributed by atoms with van der Waals surface area (Å²) in [5, 5.41) is 19.3. The Morgan fingerprint density at radius 3 is 2.53 bits per heavy atom. The van der Waals surface area contributed by atoms with Crippen LogP contribution in [0.25, 0.3) is 0 Å². The molecule has 0 fully saturated rings. The number of nitrogens with zero attached hydrogens (tertiary/aromatic N) is 1. The number of nitro groups is 1. The minimum atomic E-state index is -0.424. The van der Waals surface area contributed by atoms with Gasteiger partial charge in [0.25, 0.3) is 5.69 Å². The quantitative estimate of drug-likeness (QED) is 0.373. The summed E-state index contributed by atoms with van der Waals surface area (Å²) in [4.78, 5) is 10.7. The predicted molar refractivity (Wildman–Crippen MR) is 62.1 cm³/mol. The maximum absolute atomic E-state index is 10.5. The monoisotopic (exact) mass is 227 g/mol. The number of aliphatic hydroxyl groups is 1. The highest BCUT2D eigenvalue weighted by Crippen LogP contribution is 2.28. The molecule has 1 aromatic rings. The van der Waals surface area contributed by atoms with Crippen molar-refractivity contribution < 1.29 is 10.0 Å². The Labute approximate surface area is 92.8 Å². The van der Waals surface area contributed by atoms with E-state index in [1.54, 1.807) is 18.4 Å². The number of thioether (sulfide) groups is 1. The van der Waals surface area contributed by atoms with E-state index < -0.39 is 4.92 Å². The van der Waals surface area contributed by atoms with E-state index in [1.165, 1.54) is 17.8 Å². The fourth-order valence-electron chi connectivity index (χ4n) is 0.971. The molecule has 0 heterocycles. The van der Waals surface area contributed by atoms with Crippen LogP contribution in [0.1, 0.15) is 5.56 Å². The van der Waals surface area contributed by atoms with E-state index in [4.69, 9.17) is 5.11 Å². The van der Waals surface area contributed by atoms with E-state index in [9.17, 15) is 10.1 Å². The van der Waals surface area contributed by atoms with Crippen LogP contribution in [0.3, 0.4) is 0 Å². The molecule has 5 heteroatoms. The highest BCUT2D eigenvalue weighted by molar-refractivity contribution is 7.98. The molecule has 4 nitrogen and oxygen atoms in total. The third kappa shape index (κ3) is 3.73. The number of hydrogen-bond donors (Lipinski definition) is 1. The third-order valence-corrected chi connectivity index (χ3v) is 2.39. The van der Waals surface area contributed by atoms with Crippen molar-refractivity contribution in [2.45, 2.75) is 11.5 Å². The lowest BCUT2D eigenvalue weighted by Crippen LogP contribution is -1.92. The average molecular weight is 227 g/mol. The summed E-state index contributed by atoms with van der Waals surface area (Å²) < 4.78 is 0. The van der Waals surface area contributed by atoms with Gasteiger partial charge in [-0.2, -0.15) is 0 Å². The number of aliphatic hydroxyl groups excluding tert-OH is 1. The Hall–Kier alpha value is -1.33. The molecule has 1 N–H and O–H groups in total. The van der Waals surface area contributed by atoms with Gasteiger partial charge in [-0.3, -0.25) is 10.1 Å². The second-order valence-electron chi connectivity index (χ2n) is 2.42. The molecule has 15 heavy (non-hydrogen) atoms. The van der Waals surface area contributed by atoms with E-state index in [2.05, 4.69) is 13.2 Å². The van der Waals surface area contributed by atoms with Gasteiger partial charge in [0.05, 0.1) is 16.4 Å². The lowest BCUT2D eigenvalue weighted by Gasteiger charge is -2.01. The molecule has 0 aliphatic carbocycles. The van der Waals surface area contributed by atoms with Gasteiger partial charge in [0.15, 0.2) is 0 Å². The maximum atomic E-state index is 10.5. The molecule has 1 aromatic carbocycles. The van der Waals surface area contributed by atoms with E-state index in [0.717, 1.165) is 0 Å². The molecule has 0 atom stereocenters. The molecular weight excluding hydrogens is 214 g/mol. The number of rotatable bonds is 3. The van der Waals surface area contributed by atoms with Gasteiger partial charge in [0.1, 0.15) is 0 Å². The van der Waals surface area contributed by atoms with Crippen molar-refractivity contribution in [3.8, 4) is 0 Å². The molecule has 82 valence electrons. The lowest BCUT2D eigenvalue weighted by molar-refractivity contribution is -0.387. The minimum Gasteiger partial charge on any atom is -0.392 e. The first-order chi connectivity index (χ1) is 7.19. The zero-order chi connectivity index (χ0) is 11.8. The van der Waals surface area contributed by atoms with Gasteiger partial charge >= 0.3 is 0 Å². The molecule has 0 saturated heterocycles. The second kappa shape index (κ2) is 7.03. The summed E-state index contributed by atoms with van der Waals surface area (Å²) in [5.74, 6) is 0. The van der Waals surface area contributed by atoms with Gasteiger partial charge in [0.2, 0.25) is 0 Å². The summed E-state index contributed by atoms with van der Waals surface area (Å²) >= 11 is 1.30. The molecule has 0 aliphatic heterocycles. The van der Waals surface area contributed by atoms with Crippen LogP contribution in [-0.2, 0) is 6.61 Å². The molecule has 0 spiro atoms. The van der Waals surface area contributed by atoms with Crippen molar-refractivity contribution in [2.75, 3.05) is 6.26 Å². The number of nitro benzene ring substituents is 1. The smallest absolute Gasteiger partial charge is 0.282 e. The highest BCUT2D eigenvalue weighted by Gasteiger charge is 2.12. The summed E-state index contributed by atoms with van der Waals surface area (Å²) in [6, 6.07) is 4.60. The van der Waals surface area contributed by atoms with Crippen LogP contribution in [0.2, 0.25) is 0 Å². The molecule has 1 rings (SSSR count). The van der Waals surface area contributed by atoms with Gasteiger partial charge in [0, 0.05) is 6.07 Å². The lowest BCUT2D eigenvalue weighted by atomic mass is 10.2. The topological polar surface area (TPSA) is 63.4 Å². The molecule has 0 amide bonds. The summed E-state index contributed by atoms with van der Waals surface area (Å²) in [6.07, 6.45) is 1.77. The van der Waals surface area contributed by atoms with E-state index >= 15 is 0 Å². The normalized spacial score (nSPS) is 8.93. The summed E-state index contributed by atoms with van der Waals surface area (Å²) in [6.45, 7) is 5.91. The van der Waals surface area contributed by atoms with Crippen LogP contribution in [-0.4, -0.2) is 16.3 Å². The average Bonchev–Trinajstić information content (AvgIpc) is 2.30. The SMILES string of the molecule is C=C.CSc1cc(CO)ccc1[N+](=O)[O-]. The first-order valence-corrected chi connectivity index (χ1v) is 5.33. The Morgan fingerprint density at radius 1 is 1.53 bits per heavy atom. The van der Waals surface area contributed by atoms with Crippen molar-refractivity contribution in [1.82, 2.24) is 0 Å². The van der Waals surface area contributed by atoms with Gasteiger partial charge < -0.3 is 5.11 Å². The van der Waals surface area contributed by atoms with Crippen LogP contribution in [0, 0.1) is 10.1 Å². The van der Waals surface area contributed by atoms with E-state index in [-0.39, 0.29) is 12.3 Å². The van der Waals surface area contributed by atoms with Gasteiger partial charge in [-0.05, 0) is 24.0 Å². The fourth-order valence-corrected chi connectivity index (χ4v) is 1.59.